The predicted molar refractivity (Wildman–Crippen MR) is 77.5 cm³/mol. The fourth-order valence-corrected chi connectivity index (χ4v) is 2.80. The maximum Gasteiger partial charge on any atom is 0.225 e. The van der Waals surface area contributed by atoms with Crippen LogP contribution in [0.3, 0.4) is 0 Å². The summed E-state index contributed by atoms with van der Waals surface area (Å²) in [5, 5.41) is 10.3. The fourth-order valence-electron chi connectivity index (χ4n) is 2.80. The van der Waals surface area contributed by atoms with Gasteiger partial charge in [0.1, 0.15) is 5.75 Å². The first-order valence-corrected chi connectivity index (χ1v) is 7.12. The zero-order chi connectivity index (χ0) is 14.6. The first kappa shape index (κ1) is 14.9. The molecular weight excluding hydrogens is 254 g/mol. The maximum atomic E-state index is 12.2. The highest BCUT2D eigenvalue weighted by Crippen LogP contribution is 2.33. The van der Waals surface area contributed by atoms with Gasteiger partial charge in [-0.3, -0.25) is 4.79 Å². The lowest BCUT2D eigenvalue weighted by molar-refractivity contribution is -0.135. The third-order valence-corrected chi connectivity index (χ3v) is 4.04. The second-order valence-corrected chi connectivity index (χ2v) is 5.67. The summed E-state index contributed by atoms with van der Waals surface area (Å²) in [5.74, 6) is 0.770. The zero-order valence-corrected chi connectivity index (χ0v) is 12.3. The lowest BCUT2D eigenvalue weighted by Crippen LogP contribution is -2.35. The van der Waals surface area contributed by atoms with Gasteiger partial charge in [-0.25, -0.2) is 0 Å². The van der Waals surface area contributed by atoms with Crippen molar-refractivity contribution in [2.75, 3.05) is 14.2 Å². The summed E-state index contributed by atoms with van der Waals surface area (Å²) in [6.07, 6.45) is 3.72. The molecule has 1 amide bonds. The summed E-state index contributed by atoms with van der Waals surface area (Å²) in [6.45, 7) is 0.499. The number of ether oxygens (including phenoxy) is 1. The summed E-state index contributed by atoms with van der Waals surface area (Å²) in [7, 11) is 3.40. The Hall–Kier alpha value is -1.55. The molecule has 2 rings (SSSR count). The lowest BCUT2D eigenvalue weighted by atomic mass is 9.97. The number of nitrogens with zero attached hydrogens (tertiary/aromatic N) is 1. The van der Waals surface area contributed by atoms with Crippen LogP contribution in [-0.2, 0) is 11.3 Å². The van der Waals surface area contributed by atoms with E-state index in [1.807, 2.05) is 24.3 Å². The molecule has 1 aromatic carbocycles. The van der Waals surface area contributed by atoms with Crippen LogP contribution >= 0.6 is 0 Å². The predicted octanol–water partition coefficient (Wildman–Crippen LogP) is 2.35. The molecule has 1 aromatic rings. The molecule has 0 spiro atoms. The minimum atomic E-state index is -0.786. The highest BCUT2D eigenvalue weighted by molar-refractivity contribution is 5.77. The second-order valence-electron chi connectivity index (χ2n) is 5.67. The van der Waals surface area contributed by atoms with E-state index in [4.69, 9.17) is 4.74 Å². The van der Waals surface area contributed by atoms with Crippen molar-refractivity contribution in [1.82, 2.24) is 4.90 Å². The Morgan fingerprint density at radius 2 is 2.00 bits per heavy atom. The topological polar surface area (TPSA) is 49.8 Å². The van der Waals surface area contributed by atoms with Gasteiger partial charge in [0.2, 0.25) is 5.91 Å². The molecule has 0 bridgehead atoms. The van der Waals surface area contributed by atoms with Crippen LogP contribution < -0.4 is 4.74 Å². The molecule has 20 heavy (non-hydrogen) atoms. The molecule has 110 valence electrons. The van der Waals surface area contributed by atoms with Crippen molar-refractivity contribution in [3.8, 4) is 5.75 Å². The third kappa shape index (κ3) is 3.51. The van der Waals surface area contributed by atoms with Gasteiger partial charge < -0.3 is 14.7 Å². The van der Waals surface area contributed by atoms with Crippen LogP contribution in [0.25, 0.3) is 0 Å². The van der Waals surface area contributed by atoms with Gasteiger partial charge in [0.25, 0.3) is 0 Å². The SMILES string of the molecule is COc1ccccc1CN(C)C(=O)CC1(O)CCCC1. The van der Waals surface area contributed by atoms with Crippen LogP contribution in [0.4, 0.5) is 0 Å². The number of aliphatic hydroxyl groups is 1. The van der Waals surface area contributed by atoms with E-state index in [1.54, 1.807) is 19.1 Å². The van der Waals surface area contributed by atoms with Crippen molar-refractivity contribution in [2.45, 2.75) is 44.2 Å². The average molecular weight is 277 g/mol. The largest absolute Gasteiger partial charge is 0.496 e. The zero-order valence-electron chi connectivity index (χ0n) is 12.3. The Balaban J connectivity index is 1.97. The molecule has 1 N–H and O–H groups in total. The van der Waals surface area contributed by atoms with Gasteiger partial charge in [0, 0.05) is 19.2 Å². The molecule has 0 heterocycles. The van der Waals surface area contributed by atoms with Crippen LogP contribution in [0.5, 0.6) is 5.75 Å². The third-order valence-electron chi connectivity index (χ3n) is 4.04. The number of para-hydroxylation sites is 1. The van der Waals surface area contributed by atoms with Gasteiger partial charge >= 0.3 is 0 Å². The van der Waals surface area contributed by atoms with E-state index in [-0.39, 0.29) is 12.3 Å². The monoisotopic (exact) mass is 277 g/mol. The molecule has 0 radical (unpaired) electrons. The van der Waals surface area contributed by atoms with E-state index in [0.29, 0.717) is 6.54 Å². The molecule has 0 unspecified atom stereocenters. The van der Waals surface area contributed by atoms with E-state index < -0.39 is 5.60 Å². The van der Waals surface area contributed by atoms with Gasteiger partial charge in [-0.15, -0.1) is 0 Å². The van der Waals surface area contributed by atoms with Crippen molar-refractivity contribution >= 4 is 5.91 Å². The van der Waals surface area contributed by atoms with Crippen molar-refractivity contribution in [3.05, 3.63) is 29.8 Å². The number of carbonyl (C=O) groups is 1. The van der Waals surface area contributed by atoms with E-state index in [9.17, 15) is 9.90 Å². The Bertz CT molecular complexity index is 467. The number of methoxy groups -OCH3 is 1. The molecule has 1 aliphatic carbocycles. The first-order valence-electron chi connectivity index (χ1n) is 7.12. The van der Waals surface area contributed by atoms with Gasteiger partial charge in [-0.1, -0.05) is 31.0 Å². The highest BCUT2D eigenvalue weighted by Gasteiger charge is 2.34. The standard InChI is InChI=1S/C16H23NO3/c1-17(12-13-7-3-4-8-14(13)20-2)15(18)11-16(19)9-5-6-10-16/h3-4,7-8,19H,5-6,9-12H2,1-2H3. The Morgan fingerprint density at radius 1 is 1.35 bits per heavy atom. The molecule has 1 aliphatic rings. The number of benzene rings is 1. The number of hydrogen-bond acceptors (Lipinski definition) is 3. The Labute approximate surface area is 120 Å². The maximum absolute atomic E-state index is 12.2. The normalized spacial score (nSPS) is 16.9. The minimum absolute atomic E-state index is 0.0136. The number of rotatable bonds is 5. The molecule has 4 heteroatoms. The first-order chi connectivity index (χ1) is 9.54. The smallest absolute Gasteiger partial charge is 0.225 e. The van der Waals surface area contributed by atoms with Crippen LogP contribution in [0.2, 0.25) is 0 Å². The minimum Gasteiger partial charge on any atom is -0.496 e. The lowest BCUT2D eigenvalue weighted by Gasteiger charge is -2.25. The van der Waals surface area contributed by atoms with Gasteiger partial charge in [-0.2, -0.15) is 0 Å². The summed E-state index contributed by atoms with van der Waals surface area (Å²) >= 11 is 0. The second kappa shape index (κ2) is 6.27. The molecule has 0 aliphatic heterocycles. The van der Waals surface area contributed by atoms with E-state index in [2.05, 4.69) is 0 Å². The molecular formula is C16H23NO3. The Kier molecular flexibility index (Phi) is 4.65. The van der Waals surface area contributed by atoms with E-state index >= 15 is 0 Å². The molecule has 0 atom stereocenters. The average Bonchev–Trinajstić information content (AvgIpc) is 2.85. The van der Waals surface area contributed by atoms with Crippen molar-refractivity contribution in [3.63, 3.8) is 0 Å². The van der Waals surface area contributed by atoms with Gasteiger partial charge in [0.05, 0.1) is 19.1 Å². The molecule has 4 nitrogen and oxygen atoms in total. The van der Waals surface area contributed by atoms with E-state index in [0.717, 1.165) is 37.0 Å². The van der Waals surface area contributed by atoms with Crippen LogP contribution in [0.15, 0.2) is 24.3 Å². The van der Waals surface area contributed by atoms with Crippen molar-refractivity contribution in [2.24, 2.45) is 0 Å². The van der Waals surface area contributed by atoms with Crippen molar-refractivity contribution < 1.29 is 14.6 Å². The van der Waals surface area contributed by atoms with Crippen LogP contribution in [0.1, 0.15) is 37.7 Å². The molecule has 0 saturated heterocycles. The summed E-state index contributed by atoms with van der Waals surface area (Å²) in [6, 6.07) is 7.68. The quantitative estimate of drug-likeness (QED) is 0.898. The van der Waals surface area contributed by atoms with Crippen molar-refractivity contribution in [1.29, 1.82) is 0 Å². The fraction of sp³-hybridized carbons (Fsp3) is 0.562. The highest BCUT2D eigenvalue weighted by atomic mass is 16.5. The number of amides is 1. The molecule has 1 fully saturated rings. The van der Waals surface area contributed by atoms with Gasteiger partial charge in [-0.05, 0) is 18.9 Å². The number of carbonyl (C=O) groups excluding carboxylic acids is 1. The summed E-state index contributed by atoms with van der Waals surface area (Å²) in [4.78, 5) is 13.9. The van der Waals surface area contributed by atoms with Crippen LogP contribution in [-0.4, -0.2) is 35.7 Å². The summed E-state index contributed by atoms with van der Waals surface area (Å²) in [5.41, 5.74) is 0.191. The summed E-state index contributed by atoms with van der Waals surface area (Å²) < 4.78 is 5.29. The Morgan fingerprint density at radius 3 is 2.65 bits per heavy atom. The molecule has 1 saturated carbocycles. The van der Waals surface area contributed by atoms with Gasteiger partial charge in [0.15, 0.2) is 0 Å². The number of hydrogen-bond donors (Lipinski definition) is 1. The van der Waals surface area contributed by atoms with E-state index in [1.165, 1.54) is 0 Å². The van der Waals surface area contributed by atoms with Crippen LogP contribution in [0, 0.1) is 0 Å². The molecule has 0 aromatic heterocycles.